The summed E-state index contributed by atoms with van der Waals surface area (Å²) in [6.45, 7) is 2.63. The number of carbonyl (C=O) groups excluding carboxylic acids is 1. The molecule has 23 heavy (non-hydrogen) atoms. The van der Waals surface area contributed by atoms with Crippen molar-refractivity contribution in [2.24, 2.45) is 0 Å². The molecule has 3 nitrogen and oxygen atoms in total. The molecule has 0 aromatic heterocycles. The Morgan fingerprint density at radius 2 is 1.78 bits per heavy atom. The van der Waals surface area contributed by atoms with E-state index in [2.05, 4.69) is 20.8 Å². The molecular weight excluding hydrogens is 383 g/mol. The van der Waals surface area contributed by atoms with Gasteiger partial charge in [-0.15, -0.1) is 0 Å². The van der Waals surface area contributed by atoms with Crippen LogP contribution >= 0.6 is 27.5 Å². The molecule has 0 saturated carbocycles. The SMILES string of the molecule is O=C(c1ccccc1Br)N1CCN(c2ccc(F)c(Cl)c2)CC1. The molecule has 0 atom stereocenters. The van der Waals surface area contributed by atoms with Gasteiger partial charge in [-0.2, -0.15) is 0 Å². The van der Waals surface area contributed by atoms with Crippen LogP contribution in [0.5, 0.6) is 0 Å². The van der Waals surface area contributed by atoms with Crippen LogP contribution in [0.1, 0.15) is 10.4 Å². The Morgan fingerprint density at radius 3 is 2.43 bits per heavy atom. The Balaban J connectivity index is 1.67. The maximum atomic E-state index is 13.3. The van der Waals surface area contributed by atoms with Gasteiger partial charge in [-0.1, -0.05) is 23.7 Å². The highest BCUT2D eigenvalue weighted by Crippen LogP contribution is 2.24. The van der Waals surface area contributed by atoms with Crippen LogP contribution in [0, 0.1) is 5.82 Å². The molecule has 1 saturated heterocycles. The molecule has 1 aliphatic rings. The first-order chi connectivity index (χ1) is 11.1. The zero-order chi connectivity index (χ0) is 16.4. The summed E-state index contributed by atoms with van der Waals surface area (Å²) in [6, 6.07) is 12.1. The summed E-state index contributed by atoms with van der Waals surface area (Å²) in [6.07, 6.45) is 0. The third-order valence-corrected chi connectivity index (χ3v) is 4.92. The molecule has 0 spiro atoms. The molecule has 3 rings (SSSR count). The van der Waals surface area contributed by atoms with E-state index >= 15 is 0 Å². The Labute approximate surface area is 147 Å². The van der Waals surface area contributed by atoms with Crippen molar-refractivity contribution < 1.29 is 9.18 Å². The second-order valence-corrected chi connectivity index (χ2v) is 6.62. The van der Waals surface area contributed by atoms with Gasteiger partial charge in [-0.25, -0.2) is 4.39 Å². The fourth-order valence-corrected chi connectivity index (χ4v) is 3.28. The molecule has 2 aromatic carbocycles. The van der Waals surface area contributed by atoms with Crippen molar-refractivity contribution in [1.29, 1.82) is 0 Å². The Kier molecular flexibility index (Phi) is 4.87. The van der Waals surface area contributed by atoms with E-state index < -0.39 is 5.82 Å². The molecule has 1 amide bonds. The fourth-order valence-electron chi connectivity index (χ4n) is 2.65. The first-order valence-electron chi connectivity index (χ1n) is 7.30. The van der Waals surface area contributed by atoms with Crippen LogP contribution in [0.25, 0.3) is 0 Å². The lowest BCUT2D eigenvalue weighted by molar-refractivity contribution is 0.0746. The Bertz CT molecular complexity index is 732. The zero-order valence-electron chi connectivity index (χ0n) is 12.3. The second-order valence-electron chi connectivity index (χ2n) is 5.36. The minimum Gasteiger partial charge on any atom is -0.368 e. The molecule has 6 heteroatoms. The van der Waals surface area contributed by atoms with Crippen molar-refractivity contribution in [3.63, 3.8) is 0 Å². The van der Waals surface area contributed by atoms with E-state index in [-0.39, 0.29) is 10.9 Å². The summed E-state index contributed by atoms with van der Waals surface area (Å²) in [4.78, 5) is 16.5. The summed E-state index contributed by atoms with van der Waals surface area (Å²) in [5.74, 6) is -0.396. The first-order valence-corrected chi connectivity index (χ1v) is 8.47. The van der Waals surface area contributed by atoms with Crippen molar-refractivity contribution in [2.45, 2.75) is 0 Å². The van der Waals surface area contributed by atoms with E-state index in [9.17, 15) is 9.18 Å². The van der Waals surface area contributed by atoms with Gasteiger partial charge in [0.25, 0.3) is 5.91 Å². The number of rotatable bonds is 2. The number of hydrogen-bond acceptors (Lipinski definition) is 2. The standard InChI is InChI=1S/C17H15BrClFN2O/c18-14-4-2-1-3-13(14)17(23)22-9-7-21(8-10-22)12-5-6-16(20)15(19)11-12/h1-6,11H,7-10H2. The van der Waals surface area contributed by atoms with Crippen molar-refractivity contribution in [1.82, 2.24) is 4.90 Å². The maximum Gasteiger partial charge on any atom is 0.255 e. The molecule has 0 aliphatic carbocycles. The van der Waals surface area contributed by atoms with Gasteiger partial charge in [0.1, 0.15) is 5.82 Å². The van der Waals surface area contributed by atoms with Crippen LogP contribution < -0.4 is 4.90 Å². The highest BCUT2D eigenvalue weighted by molar-refractivity contribution is 9.10. The normalized spacial score (nSPS) is 14.9. The highest BCUT2D eigenvalue weighted by atomic mass is 79.9. The van der Waals surface area contributed by atoms with Gasteiger partial charge < -0.3 is 9.80 Å². The molecule has 0 radical (unpaired) electrons. The molecule has 1 aliphatic heterocycles. The summed E-state index contributed by atoms with van der Waals surface area (Å²) in [7, 11) is 0. The number of halogens is 3. The highest BCUT2D eigenvalue weighted by Gasteiger charge is 2.23. The lowest BCUT2D eigenvalue weighted by Gasteiger charge is -2.36. The first kappa shape index (κ1) is 16.3. The Hall–Kier alpha value is -1.59. The van der Waals surface area contributed by atoms with E-state index in [1.807, 2.05) is 29.2 Å². The van der Waals surface area contributed by atoms with Gasteiger partial charge >= 0.3 is 0 Å². The van der Waals surface area contributed by atoms with Crippen LogP contribution in [0.2, 0.25) is 5.02 Å². The van der Waals surface area contributed by atoms with Gasteiger partial charge in [0.05, 0.1) is 10.6 Å². The average molecular weight is 398 g/mol. The van der Waals surface area contributed by atoms with E-state index in [4.69, 9.17) is 11.6 Å². The molecular formula is C17H15BrClFN2O. The van der Waals surface area contributed by atoms with Crippen LogP contribution in [0.15, 0.2) is 46.9 Å². The van der Waals surface area contributed by atoms with Crippen molar-refractivity contribution in [3.05, 3.63) is 63.3 Å². The number of anilines is 1. The monoisotopic (exact) mass is 396 g/mol. The number of carbonyl (C=O) groups is 1. The molecule has 120 valence electrons. The molecule has 0 unspecified atom stereocenters. The van der Waals surface area contributed by atoms with Crippen molar-refractivity contribution in [3.8, 4) is 0 Å². The number of nitrogens with zero attached hydrogens (tertiary/aromatic N) is 2. The number of hydrogen-bond donors (Lipinski definition) is 0. The zero-order valence-corrected chi connectivity index (χ0v) is 14.6. The Morgan fingerprint density at radius 1 is 1.09 bits per heavy atom. The second kappa shape index (κ2) is 6.89. The van der Waals surface area contributed by atoms with E-state index in [0.29, 0.717) is 31.7 Å². The van der Waals surface area contributed by atoms with Crippen molar-refractivity contribution in [2.75, 3.05) is 31.1 Å². The summed E-state index contributed by atoms with van der Waals surface area (Å²) in [5, 5.41) is 0.120. The van der Waals surface area contributed by atoms with Crippen LogP contribution in [0.3, 0.4) is 0 Å². The molecule has 2 aromatic rings. The minimum absolute atomic E-state index is 0.0225. The van der Waals surface area contributed by atoms with Gasteiger partial charge in [0, 0.05) is 36.3 Å². The lowest BCUT2D eigenvalue weighted by atomic mass is 10.1. The van der Waals surface area contributed by atoms with Gasteiger partial charge in [-0.05, 0) is 46.3 Å². The quantitative estimate of drug-likeness (QED) is 0.758. The predicted octanol–water partition coefficient (Wildman–Crippen LogP) is 4.20. The van der Waals surface area contributed by atoms with Gasteiger partial charge in [0.15, 0.2) is 0 Å². The van der Waals surface area contributed by atoms with Crippen LogP contribution in [0.4, 0.5) is 10.1 Å². The number of benzene rings is 2. The summed E-state index contributed by atoms with van der Waals surface area (Å²) < 4.78 is 14.1. The third kappa shape index (κ3) is 3.51. The molecule has 0 bridgehead atoms. The van der Waals surface area contributed by atoms with Gasteiger partial charge in [0.2, 0.25) is 0 Å². The lowest BCUT2D eigenvalue weighted by Crippen LogP contribution is -2.48. The fraction of sp³-hybridized carbons (Fsp3) is 0.235. The molecule has 1 heterocycles. The molecule has 0 N–H and O–H groups in total. The van der Waals surface area contributed by atoms with Crippen LogP contribution in [-0.4, -0.2) is 37.0 Å². The average Bonchev–Trinajstić information content (AvgIpc) is 2.57. The minimum atomic E-state index is -0.418. The smallest absolute Gasteiger partial charge is 0.255 e. The summed E-state index contributed by atoms with van der Waals surface area (Å²) in [5.41, 5.74) is 1.55. The maximum absolute atomic E-state index is 13.3. The topological polar surface area (TPSA) is 23.6 Å². The largest absolute Gasteiger partial charge is 0.368 e. The number of amides is 1. The van der Waals surface area contributed by atoms with E-state index in [0.717, 1.165) is 10.2 Å². The van der Waals surface area contributed by atoms with E-state index in [1.54, 1.807) is 12.1 Å². The molecule has 1 fully saturated rings. The predicted molar refractivity (Wildman–Crippen MR) is 93.7 cm³/mol. The third-order valence-electron chi connectivity index (χ3n) is 3.94. The van der Waals surface area contributed by atoms with E-state index in [1.165, 1.54) is 6.07 Å². The van der Waals surface area contributed by atoms with Crippen molar-refractivity contribution >= 4 is 39.1 Å². The van der Waals surface area contributed by atoms with Crippen LogP contribution in [-0.2, 0) is 0 Å². The van der Waals surface area contributed by atoms with Gasteiger partial charge in [-0.3, -0.25) is 4.79 Å². The number of piperazine rings is 1. The summed E-state index contributed by atoms with van der Waals surface area (Å²) >= 11 is 9.26.